The van der Waals surface area contributed by atoms with Crippen molar-refractivity contribution in [3.8, 4) is 0 Å². The van der Waals surface area contributed by atoms with Crippen LogP contribution in [0.25, 0.3) is 0 Å². The zero-order chi connectivity index (χ0) is 11.5. The summed E-state index contributed by atoms with van der Waals surface area (Å²) in [5.41, 5.74) is -0.232. The predicted molar refractivity (Wildman–Crippen MR) is 66.3 cm³/mol. The Morgan fingerprint density at radius 1 is 1.40 bits per heavy atom. The minimum atomic E-state index is -0.495. The molecule has 2 unspecified atom stereocenters. The fourth-order valence-corrected chi connectivity index (χ4v) is 3.81. The normalized spacial score (nSPS) is 32.6. The molecule has 3 heteroatoms. The lowest BCUT2D eigenvalue weighted by atomic mass is 9.75. The third-order valence-corrected chi connectivity index (χ3v) is 4.99. The smallest absolute Gasteiger partial charge is 0.0769 e. The first-order valence-corrected chi connectivity index (χ1v) is 6.84. The van der Waals surface area contributed by atoms with Crippen molar-refractivity contribution >= 4 is 11.8 Å². The molecule has 0 aromatic heterocycles. The molecule has 0 amide bonds. The number of hydrogen-bond donors (Lipinski definition) is 1. The average Bonchev–Trinajstić information content (AvgIpc) is 2.12. The molecular weight excluding hydrogens is 208 g/mol. The van der Waals surface area contributed by atoms with Crippen molar-refractivity contribution in [2.75, 3.05) is 25.2 Å². The molecule has 1 N–H and O–H groups in total. The molecule has 0 aliphatic carbocycles. The van der Waals surface area contributed by atoms with E-state index in [1.165, 1.54) is 0 Å². The number of aliphatic hydroxyl groups is 1. The standard InChI is InChI=1S/C12H24O2S/c1-10(5-6-14-4)12(13)7-11(2,3)8-15-9-12/h10,13H,5-9H2,1-4H3. The summed E-state index contributed by atoms with van der Waals surface area (Å²) in [6.45, 7) is 7.37. The number of ether oxygens (including phenoxy) is 1. The second-order valence-corrected chi connectivity index (χ2v) is 6.61. The molecule has 90 valence electrons. The van der Waals surface area contributed by atoms with Gasteiger partial charge in [0, 0.05) is 19.5 Å². The molecule has 15 heavy (non-hydrogen) atoms. The lowest BCUT2D eigenvalue weighted by Gasteiger charge is -2.44. The van der Waals surface area contributed by atoms with Crippen LogP contribution in [0.5, 0.6) is 0 Å². The highest BCUT2D eigenvalue weighted by atomic mass is 32.2. The van der Waals surface area contributed by atoms with Gasteiger partial charge in [-0.25, -0.2) is 0 Å². The van der Waals surface area contributed by atoms with Crippen molar-refractivity contribution in [1.29, 1.82) is 0 Å². The molecule has 0 spiro atoms. The number of thioether (sulfide) groups is 1. The monoisotopic (exact) mass is 232 g/mol. The molecule has 1 rings (SSSR count). The van der Waals surface area contributed by atoms with Crippen LogP contribution in [0.2, 0.25) is 0 Å². The quantitative estimate of drug-likeness (QED) is 0.808. The Hall–Kier alpha value is 0.270. The molecule has 2 nitrogen and oxygen atoms in total. The first kappa shape index (κ1) is 13.3. The van der Waals surface area contributed by atoms with Crippen LogP contribution in [0.1, 0.15) is 33.6 Å². The van der Waals surface area contributed by atoms with Gasteiger partial charge in [-0.2, -0.15) is 11.8 Å². The minimum Gasteiger partial charge on any atom is -0.389 e. The second-order valence-electron chi connectivity index (χ2n) is 5.62. The van der Waals surface area contributed by atoms with E-state index in [4.69, 9.17) is 4.74 Å². The highest BCUT2D eigenvalue weighted by Crippen LogP contribution is 2.43. The first-order valence-electron chi connectivity index (χ1n) is 5.69. The molecule has 1 heterocycles. The van der Waals surface area contributed by atoms with Crippen molar-refractivity contribution in [2.45, 2.75) is 39.2 Å². The van der Waals surface area contributed by atoms with E-state index in [1.54, 1.807) is 7.11 Å². The first-order chi connectivity index (χ1) is 6.90. The van der Waals surface area contributed by atoms with Gasteiger partial charge in [0.1, 0.15) is 0 Å². The van der Waals surface area contributed by atoms with E-state index in [1.807, 2.05) is 11.8 Å². The van der Waals surface area contributed by atoms with Gasteiger partial charge in [0.05, 0.1) is 5.60 Å². The van der Waals surface area contributed by atoms with Crippen molar-refractivity contribution in [1.82, 2.24) is 0 Å². The molecule has 1 fully saturated rings. The van der Waals surface area contributed by atoms with Gasteiger partial charge >= 0.3 is 0 Å². The number of hydrogen-bond acceptors (Lipinski definition) is 3. The Bertz CT molecular complexity index is 206. The van der Waals surface area contributed by atoms with Crippen LogP contribution in [0.15, 0.2) is 0 Å². The van der Waals surface area contributed by atoms with Gasteiger partial charge in [-0.15, -0.1) is 0 Å². The van der Waals surface area contributed by atoms with Crippen LogP contribution in [0, 0.1) is 11.3 Å². The molecule has 1 saturated heterocycles. The maximum atomic E-state index is 10.6. The SMILES string of the molecule is COCCC(C)C1(O)CSCC(C)(C)C1. The van der Waals surface area contributed by atoms with Crippen LogP contribution < -0.4 is 0 Å². The maximum Gasteiger partial charge on any atom is 0.0769 e. The van der Waals surface area contributed by atoms with Gasteiger partial charge in [0.2, 0.25) is 0 Å². The summed E-state index contributed by atoms with van der Waals surface area (Å²) in [5, 5.41) is 10.6. The van der Waals surface area contributed by atoms with Gasteiger partial charge in [-0.1, -0.05) is 20.8 Å². The lowest BCUT2D eigenvalue weighted by molar-refractivity contribution is -0.0357. The molecule has 0 aromatic carbocycles. The van der Waals surface area contributed by atoms with E-state index in [0.29, 0.717) is 5.92 Å². The van der Waals surface area contributed by atoms with Gasteiger partial charge in [0.15, 0.2) is 0 Å². The molecule has 0 saturated carbocycles. The molecule has 1 aliphatic rings. The molecule has 0 bridgehead atoms. The summed E-state index contributed by atoms with van der Waals surface area (Å²) >= 11 is 1.88. The van der Waals surface area contributed by atoms with E-state index in [0.717, 1.165) is 31.0 Å². The van der Waals surface area contributed by atoms with E-state index >= 15 is 0 Å². The Balaban J connectivity index is 2.56. The summed E-state index contributed by atoms with van der Waals surface area (Å²) in [7, 11) is 1.72. The molecule has 0 radical (unpaired) electrons. The van der Waals surface area contributed by atoms with Gasteiger partial charge in [-0.3, -0.25) is 0 Å². The highest BCUT2D eigenvalue weighted by Gasteiger charge is 2.42. The molecule has 2 atom stereocenters. The largest absolute Gasteiger partial charge is 0.389 e. The minimum absolute atomic E-state index is 0.263. The van der Waals surface area contributed by atoms with Crippen molar-refractivity contribution in [2.24, 2.45) is 11.3 Å². The maximum absolute atomic E-state index is 10.6. The van der Waals surface area contributed by atoms with Crippen molar-refractivity contribution in [3.63, 3.8) is 0 Å². The second kappa shape index (κ2) is 5.07. The predicted octanol–water partition coefficient (Wildman–Crippen LogP) is 2.55. The average molecular weight is 232 g/mol. The summed E-state index contributed by atoms with van der Waals surface area (Å²) in [5.74, 6) is 2.36. The van der Waals surface area contributed by atoms with E-state index in [-0.39, 0.29) is 5.41 Å². The van der Waals surface area contributed by atoms with Crippen LogP contribution in [0.3, 0.4) is 0 Å². The third kappa shape index (κ3) is 3.65. The van der Waals surface area contributed by atoms with Crippen LogP contribution in [-0.2, 0) is 4.74 Å². The van der Waals surface area contributed by atoms with Crippen LogP contribution in [-0.4, -0.2) is 35.9 Å². The van der Waals surface area contributed by atoms with Crippen molar-refractivity contribution < 1.29 is 9.84 Å². The van der Waals surface area contributed by atoms with Gasteiger partial charge < -0.3 is 9.84 Å². The zero-order valence-electron chi connectivity index (χ0n) is 10.4. The van der Waals surface area contributed by atoms with Crippen LogP contribution >= 0.6 is 11.8 Å². The zero-order valence-corrected chi connectivity index (χ0v) is 11.2. The molecular formula is C12H24O2S. The summed E-state index contributed by atoms with van der Waals surface area (Å²) in [4.78, 5) is 0. The van der Waals surface area contributed by atoms with E-state index < -0.39 is 5.60 Å². The van der Waals surface area contributed by atoms with Gasteiger partial charge in [-0.05, 0) is 29.9 Å². The third-order valence-electron chi connectivity index (χ3n) is 3.30. The number of rotatable bonds is 4. The summed E-state index contributed by atoms with van der Waals surface area (Å²) in [6.07, 6.45) is 1.86. The lowest BCUT2D eigenvalue weighted by Crippen LogP contribution is -2.47. The molecule has 1 aliphatic heterocycles. The Morgan fingerprint density at radius 3 is 2.60 bits per heavy atom. The fraction of sp³-hybridized carbons (Fsp3) is 1.00. The number of methoxy groups -OCH3 is 1. The Labute approximate surface area is 97.8 Å². The van der Waals surface area contributed by atoms with Crippen LogP contribution in [0.4, 0.5) is 0 Å². The summed E-state index contributed by atoms with van der Waals surface area (Å²) < 4.78 is 5.08. The summed E-state index contributed by atoms with van der Waals surface area (Å²) in [6, 6.07) is 0. The van der Waals surface area contributed by atoms with Crippen molar-refractivity contribution in [3.05, 3.63) is 0 Å². The highest BCUT2D eigenvalue weighted by molar-refractivity contribution is 7.99. The van der Waals surface area contributed by atoms with E-state index in [2.05, 4.69) is 20.8 Å². The molecule has 0 aromatic rings. The Morgan fingerprint density at radius 2 is 2.07 bits per heavy atom. The van der Waals surface area contributed by atoms with Gasteiger partial charge in [0.25, 0.3) is 0 Å². The fourth-order valence-electron chi connectivity index (χ4n) is 2.31. The topological polar surface area (TPSA) is 29.5 Å². The Kier molecular flexibility index (Phi) is 4.50. The van der Waals surface area contributed by atoms with E-state index in [9.17, 15) is 5.11 Å².